The fraction of sp³-hybridized carbons (Fsp3) is 0.700. The molecule has 2 rings (SSSR count). The summed E-state index contributed by atoms with van der Waals surface area (Å²) in [6, 6.07) is 0. The van der Waals surface area contributed by atoms with Crippen molar-refractivity contribution in [1.82, 2.24) is 10.6 Å². The van der Waals surface area contributed by atoms with Gasteiger partial charge in [0.2, 0.25) is 5.96 Å². The molecule has 1 aliphatic carbocycles. The van der Waals surface area contributed by atoms with Crippen LogP contribution in [0.3, 0.4) is 0 Å². The van der Waals surface area contributed by atoms with Crippen LogP contribution in [0.4, 0.5) is 0 Å². The van der Waals surface area contributed by atoms with E-state index in [4.69, 9.17) is 0 Å². The Morgan fingerprint density at radius 2 is 1.87 bits per heavy atom. The number of carbonyl (C=O) groups is 2. The second-order valence-corrected chi connectivity index (χ2v) is 4.28. The lowest BCUT2D eigenvalue weighted by Crippen LogP contribution is -2.34. The van der Waals surface area contributed by atoms with Crippen LogP contribution in [-0.4, -0.2) is 24.3 Å². The molecular weight excluding hydrogens is 194 g/mol. The number of rotatable bonds is 3. The van der Waals surface area contributed by atoms with E-state index in [0.717, 1.165) is 6.42 Å². The molecule has 0 aromatic carbocycles. The van der Waals surface area contributed by atoms with E-state index in [1.54, 1.807) is 0 Å². The van der Waals surface area contributed by atoms with Crippen LogP contribution in [0, 0.1) is 5.41 Å². The number of nitrogens with zero attached hydrogens (tertiary/aromatic N) is 1. The standard InChI is InChI=1S/C10H15N3O2/c1-2-10(4-3-5-10)6-11-9-12-7(14)8(15)13-9/h2-6H2,1H3,(H2,11,12,13,14,15). The molecule has 2 aliphatic rings. The van der Waals surface area contributed by atoms with E-state index in [1.165, 1.54) is 19.3 Å². The molecule has 15 heavy (non-hydrogen) atoms. The monoisotopic (exact) mass is 209 g/mol. The van der Waals surface area contributed by atoms with Crippen molar-refractivity contribution in [3.63, 3.8) is 0 Å². The second-order valence-electron chi connectivity index (χ2n) is 4.28. The Labute approximate surface area is 88.3 Å². The van der Waals surface area contributed by atoms with E-state index >= 15 is 0 Å². The second kappa shape index (κ2) is 3.64. The highest BCUT2D eigenvalue weighted by Crippen LogP contribution is 2.43. The van der Waals surface area contributed by atoms with Crippen LogP contribution in [0.5, 0.6) is 0 Å². The number of amides is 2. The minimum Gasteiger partial charge on any atom is -0.288 e. The fourth-order valence-corrected chi connectivity index (χ4v) is 1.99. The lowest BCUT2D eigenvalue weighted by Gasteiger charge is -2.39. The van der Waals surface area contributed by atoms with Gasteiger partial charge < -0.3 is 0 Å². The smallest absolute Gasteiger partial charge is 0.288 e. The maximum atomic E-state index is 10.9. The Morgan fingerprint density at radius 3 is 2.27 bits per heavy atom. The van der Waals surface area contributed by atoms with Crippen LogP contribution in [0.1, 0.15) is 32.6 Å². The van der Waals surface area contributed by atoms with Crippen molar-refractivity contribution in [2.24, 2.45) is 10.4 Å². The molecule has 0 radical (unpaired) electrons. The normalized spacial score (nSPS) is 23.1. The highest BCUT2D eigenvalue weighted by molar-refractivity contribution is 6.45. The van der Waals surface area contributed by atoms with Gasteiger partial charge in [0.1, 0.15) is 0 Å². The van der Waals surface area contributed by atoms with E-state index in [2.05, 4.69) is 22.5 Å². The van der Waals surface area contributed by atoms with Crippen LogP contribution >= 0.6 is 0 Å². The van der Waals surface area contributed by atoms with Gasteiger partial charge >= 0.3 is 11.8 Å². The molecule has 2 amide bonds. The van der Waals surface area contributed by atoms with Gasteiger partial charge in [-0.25, -0.2) is 0 Å². The summed E-state index contributed by atoms with van der Waals surface area (Å²) in [5, 5.41) is 4.80. The van der Waals surface area contributed by atoms with Gasteiger partial charge in [0.05, 0.1) is 0 Å². The number of nitrogens with one attached hydrogen (secondary N) is 2. The average Bonchev–Trinajstić information content (AvgIpc) is 2.45. The molecule has 1 aliphatic heterocycles. The van der Waals surface area contributed by atoms with Crippen molar-refractivity contribution in [1.29, 1.82) is 0 Å². The van der Waals surface area contributed by atoms with Gasteiger partial charge in [-0.15, -0.1) is 0 Å². The lowest BCUT2D eigenvalue weighted by molar-refractivity contribution is -0.135. The average molecular weight is 209 g/mol. The Kier molecular flexibility index (Phi) is 2.46. The van der Waals surface area contributed by atoms with E-state index in [9.17, 15) is 9.59 Å². The lowest BCUT2D eigenvalue weighted by atomic mass is 9.67. The zero-order valence-corrected chi connectivity index (χ0v) is 8.80. The first-order valence-electron chi connectivity index (χ1n) is 5.32. The van der Waals surface area contributed by atoms with E-state index in [-0.39, 0.29) is 0 Å². The predicted octanol–water partition coefficient (Wildman–Crippen LogP) is 0.169. The molecule has 5 heteroatoms. The van der Waals surface area contributed by atoms with E-state index < -0.39 is 11.8 Å². The third-order valence-electron chi connectivity index (χ3n) is 3.41. The largest absolute Gasteiger partial charge is 0.316 e. The van der Waals surface area contributed by atoms with Gasteiger partial charge in [0, 0.05) is 6.54 Å². The summed E-state index contributed by atoms with van der Waals surface area (Å²) in [7, 11) is 0. The summed E-state index contributed by atoms with van der Waals surface area (Å²) >= 11 is 0. The molecule has 0 aromatic rings. The van der Waals surface area contributed by atoms with Crippen LogP contribution in [0.15, 0.2) is 4.99 Å². The molecule has 0 spiro atoms. The minimum atomic E-state index is -0.618. The molecule has 1 saturated heterocycles. The van der Waals surface area contributed by atoms with Crippen molar-refractivity contribution in [2.45, 2.75) is 32.6 Å². The van der Waals surface area contributed by atoms with Gasteiger partial charge in [-0.1, -0.05) is 13.3 Å². The number of hydrogen-bond acceptors (Lipinski definition) is 3. The highest BCUT2D eigenvalue weighted by Gasteiger charge is 2.35. The summed E-state index contributed by atoms with van der Waals surface area (Å²) < 4.78 is 0. The molecule has 2 N–H and O–H groups in total. The third-order valence-corrected chi connectivity index (χ3v) is 3.41. The van der Waals surface area contributed by atoms with Crippen LogP contribution in [-0.2, 0) is 9.59 Å². The van der Waals surface area contributed by atoms with E-state index in [0.29, 0.717) is 17.9 Å². The van der Waals surface area contributed by atoms with Gasteiger partial charge in [-0.05, 0) is 24.7 Å². The first-order valence-corrected chi connectivity index (χ1v) is 5.32. The first kappa shape index (κ1) is 10.1. The Balaban J connectivity index is 1.94. The number of carbonyl (C=O) groups excluding carboxylic acids is 2. The van der Waals surface area contributed by atoms with E-state index in [1.807, 2.05) is 0 Å². The molecule has 0 unspecified atom stereocenters. The van der Waals surface area contributed by atoms with Crippen LogP contribution < -0.4 is 10.6 Å². The number of hydrogen-bond donors (Lipinski definition) is 2. The predicted molar refractivity (Wildman–Crippen MR) is 55.2 cm³/mol. The summed E-state index contributed by atoms with van der Waals surface area (Å²) in [5.41, 5.74) is 0.311. The van der Waals surface area contributed by atoms with Gasteiger partial charge in [-0.3, -0.25) is 25.2 Å². The van der Waals surface area contributed by atoms with Crippen molar-refractivity contribution in [2.75, 3.05) is 6.54 Å². The SMILES string of the molecule is CCC1(CN=C2NC(=O)C(=O)N2)CCC1. The molecular formula is C10H15N3O2. The fourth-order valence-electron chi connectivity index (χ4n) is 1.99. The Hall–Kier alpha value is -1.39. The topological polar surface area (TPSA) is 70.6 Å². The quantitative estimate of drug-likeness (QED) is 0.650. The molecule has 82 valence electrons. The zero-order chi connectivity index (χ0) is 10.9. The highest BCUT2D eigenvalue weighted by atomic mass is 16.2. The zero-order valence-electron chi connectivity index (χ0n) is 8.80. The van der Waals surface area contributed by atoms with Gasteiger partial charge in [0.15, 0.2) is 0 Å². The summed E-state index contributed by atoms with van der Waals surface area (Å²) in [6.45, 7) is 2.85. The maximum Gasteiger partial charge on any atom is 0.316 e. The third kappa shape index (κ3) is 1.86. The molecule has 1 heterocycles. The molecule has 0 aromatic heterocycles. The first-order chi connectivity index (χ1) is 7.15. The molecule has 1 saturated carbocycles. The van der Waals surface area contributed by atoms with Crippen LogP contribution in [0.25, 0.3) is 0 Å². The summed E-state index contributed by atoms with van der Waals surface area (Å²) in [6.07, 6.45) is 4.76. The minimum absolute atomic E-state index is 0.310. The Morgan fingerprint density at radius 1 is 1.27 bits per heavy atom. The summed E-state index contributed by atoms with van der Waals surface area (Å²) in [5.74, 6) is -0.925. The number of guanidine groups is 1. The molecule has 0 atom stereocenters. The molecule has 2 fully saturated rings. The van der Waals surface area contributed by atoms with Gasteiger partial charge in [-0.2, -0.15) is 0 Å². The van der Waals surface area contributed by atoms with Crippen molar-refractivity contribution >= 4 is 17.8 Å². The molecule has 5 nitrogen and oxygen atoms in total. The summed E-state index contributed by atoms with van der Waals surface area (Å²) in [4.78, 5) is 26.0. The van der Waals surface area contributed by atoms with Crippen molar-refractivity contribution < 1.29 is 9.59 Å². The van der Waals surface area contributed by atoms with Crippen LogP contribution in [0.2, 0.25) is 0 Å². The van der Waals surface area contributed by atoms with Gasteiger partial charge in [0.25, 0.3) is 0 Å². The maximum absolute atomic E-state index is 10.9. The Bertz CT molecular complexity index is 308. The van der Waals surface area contributed by atoms with Crippen molar-refractivity contribution in [3.05, 3.63) is 0 Å². The molecule has 0 bridgehead atoms. The number of aliphatic imine (C=N–C) groups is 1. The van der Waals surface area contributed by atoms with Crippen molar-refractivity contribution in [3.8, 4) is 0 Å².